The normalized spacial score (nSPS) is 10.6. The number of hydrogen-bond donors (Lipinski definition) is 1. The van der Waals surface area contributed by atoms with Crippen LogP contribution in [0.2, 0.25) is 0 Å². The monoisotopic (exact) mass is 382 g/mol. The second-order valence-corrected chi connectivity index (χ2v) is 6.25. The van der Waals surface area contributed by atoms with Gasteiger partial charge in [0.05, 0.1) is 26.9 Å². The maximum Gasteiger partial charge on any atom is 0.340 e. The van der Waals surface area contributed by atoms with Crippen molar-refractivity contribution in [2.45, 2.75) is 13.5 Å². The molecule has 0 atom stereocenters. The minimum Gasteiger partial charge on any atom is -0.493 e. The molecule has 0 spiro atoms. The smallest absolute Gasteiger partial charge is 0.340 e. The average molecular weight is 382 g/mol. The van der Waals surface area contributed by atoms with Gasteiger partial charge in [0, 0.05) is 28.9 Å². The summed E-state index contributed by atoms with van der Waals surface area (Å²) >= 11 is 0. The van der Waals surface area contributed by atoms with Gasteiger partial charge in [-0.25, -0.2) is 4.79 Å². The number of nitrogens with one attached hydrogen (secondary N) is 1. The molecule has 0 bridgehead atoms. The molecule has 3 rings (SSSR count). The van der Waals surface area contributed by atoms with Crippen LogP contribution in [0.3, 0.4) is 0 Å². The third-order valence-corrected chi connectivity index (χ3v) is 4.51. The Morgan fingerprint density at radius 1 is 1.04 bits per heavy atom. The minimum atomic E-state index is -0.439. The number of aromatic nitrogens is 1. The van der Waals surface area contributed by atoms with E-state index >= 15 is 0 Å². The number of amides is 1. The average Bonchev–Trinajstić information content (AvgIpc) is 3.07. The molecule has 0 radical (unpaired) electrons. The number of hydrogen-bond acceptors (Lipinski definition) is 5. The zero-order valence-corrected chi connectivity index (χ0v) is 16.2. The summed E-state index contributed by atoms with van der Waals surface area (Å²) in [4.78, 5) is 24.7. The van der Waals surface area contributed by atoms with Gasteiger partial charge in [0.2, 0.25) is 5.91 Å². The van der Waals surface area contributed by atoms with Crippen molar-refractivity contribution >= 4 is 28.5 Å². The zero-order valence-electron chi connectivity index (χ0n) is 16.2. The van der Waals surface area contributed by atoms with E-state index in [1.54, 1.807) is 37.1 Å². The second-order valence-electron chi connectivity index (χ2n) is 6.25. The molecule has 0 unspecified atom stereocenters. The molecule has 1 amide bonds. The summed E-state index contributed by atoms with van der Waals surface area (Å²) < 4.78 is 17.1. The Kier molecular flexibility index (Phi) is 5.54. The summed E-state index contributed by atoms with van der Waals surface area (Å²) in [5, 5.41) is 3.63. The van der Waals surface area contributed by atoms with Gasteiger partial charge < -0.3 is 24.1 Å². The number of para-hydroxylation sites is 1. The molecular weight excluding hydrogens is 360 g/mol. The van der Waals surface area contributed by atoms with E-state index in [0.717, 1.165) is 16.5 Å². The molecule has 0 aliphatic rings. The van der Waals surface area contributed by atoms with Gasteiger partial charge in [-0.3, -0.25) is 4.79 Å². The molecule has 0 fully saturated rings. The highest BCUT2D eigenvalue weighted by Gasteiger charge is 2.17. The SMILES string of the molecule is COC(=O)c1cn(CC(=O)Nc2cc(OC)c(OC)cc2C)c2ccccc12. The molecule has 0 aliphatic carbocycles. The Morgan fingerprint density at radius 2 is 1.71 bits per heavy atom. The lowest BCUT2D eigenvalue weighted by atomic mass is 10.1. The van der Waals surface area contributed by atoms with Crippen molar-refractivity contribution in [3.8, 4) is 11.5 Å². The molecule has 2 aromatic carbocycles. The van der Waals surface area contributed by atoms with Crippen molar-refractivity contribution in [2.75, 3.05) is 26.6 Å². The van der Waals surface area contributed by atoms with Crippen LogP contribution in [0.25, 0.3) is 10.9 Å². The summed E-state index contributed by atoms with van der Waals surface area (Å²) in [5.74, 6) is 0.457. The van der Waals surface area contributed by atoms with Crippen molar-refractivity contribution in [3.63, 3.8) is 0 Å². The lowest BCUT2D eigenvalue weighted by Crippen LogP contribution is -2.19. The highest BCUT2D eigenvalue weighted by molar-refractivity contribution is 6.05. The maximum absolute atomic E-state index is 12.7. The van der Waals surface area contributed by atoms with Crippen LogP contribution >= 0.6 is 0 Å². The van der Waals surface area contributed by atoms with Crippen LogP contribution in [0.15, 0.2) is 42.6 Å². The first-order valence-electron chi connectivity index (χ1n) is 8.67. The Labute approximate surface area is 162 Å². The number of aryl methyl sites for hydroxylation is 1. The Morgan fingerprint density at radius 3 is 2.39 bits per heavy atom. The standard InChI is InChI=1S/C21H22N2O5/c1-13-9-18(26-2)19(27-3)10-16(13)22-20(24)12-23-11-15(21(25)28-4)14-7-5-6-8-17(14)23/h5-11H,12H2,1-4H3,(H,22,24). The summed E-state index contributed by atoms with van der Waals surface area (Å²) in [6.45, 7) is 1.92. The number of nitrogens with zero attached hydrogens (tertiary/aromatic N) is 1. The molecule has 0 saturated carbocycles. The lowest BCUT2D eigenvalue weighted by Gasteiger charge is -2.14. The number of carbonyl (C=O) groups excluding carboxylic acids is 2. The first kappa shape index (κ1) is 19.3. The number of benzene rings is 2. The van der Waals surface area contributed by atoms with E-state index in [4.69, 9.17) is 14.2 Å². The molecule has 7 nitrogen and oxygen atoms in total. The second kappa shape index (κ2) is 8.04. The first-order valence-corrected chi connectivity index (χ1v) is 8.67. The highest BCUT2D eigenvalue weighted by atomic mass is 16.5. The van der Waals surface area contributed by atoms with E-state index in [2.05, 4.69) is 5.32 Å². The van der Waals surface area contributed by atoms with E-state index in [1.807, 2.05) is 31.2 Å². The fourth-order valence-corrected chi connectivity index (χ4v) is 3.11. The summed E-state index contributed by atoms with van der Waals surface area (Å²) in [5.41, 5.74) is 2.68. The molecule has 3 aromatic rings. The van der Waals surface area contributed by atoms with Gasteiger partial charge in [-0.15, -0.1) is 0 Å². The predicted molar refractivity (Wildman–Crippen MR) is 106 cm³/mol. The van der Waals surface area contributed by atoms with E-state index in [0.29, 0.717) is 22.7 Å². The number of methoxy groups -OCH3 is 3. The van der Waals surface area contributed by atoms with Crippen molar-refractivity contribution in [2.24, 2.45) is 0 Å². The van der Waals surface area contributed by atoms with Crippen LogP contribution in [-0.4, -0.2) is 37.8 Å². The van der Waals surface area contributed by atoms with Crippen molar-refractivity contribution in [3.05, 3.63) is 53.7 Å². The van der Waals surface area contributed by atoms with E-state index in [1.165, 1.54) is 7.11 Å². The lowest BCUT2D eigenvalue weighted by molar-refractivity contribution is -0.116. The number of fused-ring (bicyclic) bond motifs is 1. The quantitative estimate of drug-likeness (QED) is 0.661. The largest absolute Gasteiger partial charge is 0.493 e. The van der Waals surface area contributed by atoms with Crippen LogP contribution in [0.1, 0.15) is 15.9 Å². The topological polar surface area (TPSA) is 78.8 Å². The van der Waals surface area contributed by atoms with Crippen LogP contribution in [-0.2, 0) is 16.1 Å². The van der Waals surface area contributed by atoms with Crippen LogP contribution in [0.4, 0.5) is 5.69 Å². The Balaban J connectivity index is 1.87. The van der Waals surface area contributed by atoms with Crippen molar-refractivity contribution < 1.29 is 23.8 Å². The molecule has 1 aromatic heterocycles. The summed E-state index contributed by atoms with van der Waals surface area (Å²) in [6.07, 6.45) is 1.64. The number of anilines is 1. The molecular formula is C21H22N2O5. The van der Waals surface area contributed by atoms with Crippen molar-refractivity contribution in [1.82, 2.24) is 4.57 Å². The van der Waals surface area contributed by atoms with Crippen LogP contribution in [0, 0.1) is 6.92 Å². The summed E-state index contributed by atoms with van der Waals surface area (Å²) in [6, 6.07) is 10.9. The molecule has 28 heavy (non-hydrogen) atoms. The van der Waals surface area contributed by atoms with Gasteiger partial charge in [0.1, 0.15) is 6.54 Å². The van der Waals surface area contributed by atoms with E-state index in [-0.39, 0.29) is 12.5 Å². The molecule has 1 N–H and O–H groups in total. The number of carbonyl (C=O) groups is 2. The van der Waals surface area contributed by atoms with Gasteiger partial charge in [0.15, 0.2) is 11.5 Å². The molecule has 146 valence electrons. The summed E-state index contributed by atoms with van der Waals surface area (Å²) in [7, 11) is 4.44. The number of rotatable bonds is 6. The van der Waals surface area contributed by atoms with E-state index < -0.39 is 5.97 Å². The van der Waals surface area contributed by atoms with Gasteiger partial charge in [-0.2, -0.15) is 0 Å². The maximum atomic E-state index is 12.7. The molecule has 1 heterocycles. The number of ether oxygens (including phenoxy) is 3. The van der Waals surface area contributed by atoms with Gasteiger partial charge in [-0.1, -0.05) is 18.2 Å². The predicted octanol–water partition coefficient (Wildman–Crippen LogP) is 3.39. The fraction of sp³-hybridized carbons (Fsp3) is 0.238. The van der Waals surface area contributed by atoms with Crippen molar-refractivity contribution in [1.29, 1.82) is 0 Å². The van der Waals surface area contributed by atoms with Crippen LogP contribution < -0.4 is 14.8 Å². The third-order valence-electron chi connectivity index (χ3n) is 4.51. The first-order chi connectivity index (χ1) is 13.5. The highest BCUT2D eigenvalue weighted by Crippen LogP contribution is 2.33. The number of esters is 1. The minimum absolute atomic E-state index is 0.0469. The molecule has 7 heteroatoms. The zero-order chi connectivity index (χ0) is 20.3. The third kappa shape index (κ3) is 3.64. The molecule has 0 saturated heterocycles. The Bertz CT molecular complexity index is 1040. The van der Waals surface area contributed by atoms with Crippen LogP contribution in [0.5, 0.6) is 11.5 Å². The van der Waals surface area contributed by atoms with E-state index in [9.17, 15) is 9.59 Å². The van der Waals surface area contributed by atoms with Gasteiger partial charge in [0.25, 0.3) is 0 Å². The fourth-order valence-electron chi connectivity index (χ4n) is 3.11. The molecule has 0 aliphatic heterocycles. The van der Waals surface area contributed by atoms with Gasteiger partial charge in [-0.05, 0) is 24.6 Å². The van der Waals surface area contributed by atoms with Gasteiger partial charge >= 0.3 is 5.97 Å². The Hall–Kier alpha value is -3.48.